The van der Waals surface area contributed by atoms with Crippen molar-refractivity contribution in [1.29, 1.82) is 0 Å². The predicted molar refractivity (Wildman–Crippen MR) is 98.5 cm³/mol. The molecule has 0 saturated heterocycles. The number of halogens is 1. The number of hydrogen-bond donors (Lipinski definition) is 2. The van der Waals surface area contributed by atoms with Crippen LogP contribution in [0, 0.1) is 6.92 Å². The van der Waals surface area contributed by atoms with E-state index in [1.165, 1.54) is 5.56 Å². The van der Waals surface area contributed by atoms with E-state index in [-0.39, 0.29) is 24.0 Å². The molecule has 0 aliphatic heterocycles. The second-order valence-corrected chi connectivity index (χ2v) is 4.45. The van der Waals surface area contributed by atoms with Crippen molar-refractivity contribution in [1.82, 2.24) is 0 Å². The minimum absolute atomic E-state index is 0. The molecule has 2 aromatic rings. The van der Waals surface area contributed by atoms with Gasteiger partial charge < -0.3 is 15.8 Å². The van der Waals surface area contributed by atoms with Gasteiger partial charge in [-0.3, -0.25) is 0 Å². The maximum atomic E-state index is 5.91. The molecule has 0 aliphatic carbocycles. The molecule has 0 atom stereocenters. The van der Waals surface area contributed by atoms with Crippen LogP contribution in [0.15, 0.2) is 53.5 Å². The van der Waals surface area contributed by atoms with Crippen LogP contribution in [-0.4, -0.2) is 13.1 Å². The van der Waals surface area contributed by atoms with E-state index in [2.05, 4.69) is 29.4 Å². The summed E-state index contributed by atoms with van der Waals surface area (Å²) in [5, 5.41) is 3.05. The third kappa shape index (κ3) is 4.93. The third-order valence-electron chi connectivity index (χ3n) is 3.05. The second-order valence-electron chi connectivity index (χ2n) is 4.45. The molecule has 0 unspecified atom stereocenters. The highest BCUT2D eigenvalue weighted by molar-refractivity contribution is 14.0. The van der Waals surface area contributed by atoms with Gasteiger partial charge in [0.1, 0.15) is 5.75 Å². The van der Waals surface area contributed by atoms with Crippen molar-refractivity contribution >= 4 is 35.6 Å². The number of hydrogen-bond acceptors (Lipinski definition) is 2. The number of para-hydroxylation sites is 2. The minimum atomic E-state index is 0. The molecule has 2 aromatic carbocycles. The van der Waals surface area contributed by atoms with E-state index in [0.29, 0.717) is 12.5 Å². The van der Waals surface area contributed by atoms with Gasteiger partial charge in [0.25, 0.3) is 0 Å². The molecule has 4 nitrogen and oxygen atoms in total. The Hall–Kier alpha value is -1.76. The van der Waals surface area contributed by atoms with E-state index in [0.717, 1.165) is 17.0 Å². The van der Waals surface area contributed by atoms with Crippen molar-refractivity contribution in [2.75, 3.05) is 12.4 Å². The molecular formula is C16H20IN3O. The average molecular weight is 397 g/mol. The smallest absolute Gasteiger partial charge is 0.193 e. The van der Waals surface area contributed by atoms with Crippen LogP contribution in [0.3, 0.4) is 0 Å². The third-order valence-corrected chi connectivity index (χ3v) is 3.05. The Kier molecular flexibility index (Phi) is 7.01. The summed E-state index contributed by atoms with van der Waals surface area (Å²) < 4.78 is 5.26. The van der Waals surface area contributed by atoms with E-state index < -0.39 is 0 Å². The van der Waals surface area contributed by atoms with Crippen LogP contribution >= 0.6 is 24.0 Å². The number of nitrogens with zero attached hydrogens (tertiary/aromatic N) is 1. The maximum Gasteiger partial charge on any atom is 0.193 e. The number of aryl methyl sites for hydroxylation is 1. The largest absolute Gasteiger partial charge is 0.495 e. The number of nitrogens with one attached hydrogen (secondary N) is 1. The van der Waals surface area contributed by atoms with E-state index in [1.807, 2.05) is 36.4 Å². The van der Waals surface area contributed by atoms with Gasteiger partial charge in [-0.05, 0) is 30.2 Å². The Labute approximate surface area is 142 Å². The predicted octanol–water partition coefficient (Wildman–Crippen LogP) is 3.55. The van der Waals surface area contributed by atoms with Gasteiger partial charge in [0.2, 0.25) is 0 Å². The van der Waals surface area contributed by atoms with Crippen LogP contribution < -0.4 is 15.8 Å². The Morgan fingerprint density at radius 1 is 1.14 bits per heavy atom. The topological polar surface area (TPSA) is 59.6 Å². The summed E-state index contributed by atoms with van der Waals surface area (Å²) in [6.45, 7) is 2.62. The van der Waals surface area contributed by atoms with Gasteiger partial charge in [0.15, 0.2) is 5.96 Å². The molecule has 0 spiro atoms. The summed E-state index contributed by atoms with van der Waals surface area (Å²) in [4.78, 5) is 4.35. The number of nitrogens with two attached hydrogens (primary N) is 1. The highest BCUT2D eigenvalue weighted by Gasteiger charge is 2.02. The molecule has 2 rings (SSSR count). The van der Waals surface area contributed by atoms with Crippen LogP contribution in [0.4, 0.5) is 5.69 Å². The highest BCUT2D eigenvalue weighted by Crippen LogP contribution is 2.22. The number of aliphatic imine (C=N–C) groups is 1. The molecule has 112 valence electrons. The first kappa shape index (κ1) is 17.3. The normalized spacial score (nSPS) is 10.7. The van der Waals surface area contributed by atoms with Crippen molar-refractivity contribution < 1.29 is 4.74 Å². The number of ether oxygens (including phenoxy) is 1. The average Bonchev–Trinajstić information content (AvgIpc) is 2.47. The van der Waals surface area contributed by atoms with Gasteiger partial charge in [-0.1, -0.05) is 36.4 Å². The SMILES string of the molecule is COc1ccccc1NC(N)=NCc1ccccc1C.I. The first-order chi connectivity index (χ1) is 9.70. The number of guanidine groups is 1. The fourth-order valence-corrected chi connectivity index (χ4v) is 1.88. The van der Waals surface area contributed by atoms with E-state index in [9.17, 15) is 0 Å². The van der Waals surface area contributed by atoms with Crippen LogP contribution in [0.5, 0.6) is 5.75 Å². The van der Waals surface area contributed by atoms with E-state index in [4.69, 9.17) is 10.5 Å². The quantitative estimate of drug-likeness (QED) is 0.471. The molecule has 0 saturated carbocycles. The molecule has 0 aromatic heterocycles. The Morgan fingerprint density at radius 2 is 1.81 bits per heavy atom. The maximum absolute atomic E-state index is 5.91. The second kappa shape index (κ2) is 8.51. The van der Waals surface area contributed by atoms with Gasteiger partial charge in [-0.2, -0.15) is 0 Å². The lowest BCUT2D eigenvalue weighted by atomic mass is 10.1. The van der Waals surface area contributed by atoms with E-state index >= 15 is 0 Å². The molecular weight excluding hydrogens is 377 g/mol. The van der Waals surface area contributed by atoms with Crippen molar-refractivity contribution in [3.05, 3.63) is 59.7 Å². The Morgan fingerprint density at radius 3 is 2.52 bits per heavy atom. The molecule has 0 radical (unpaired) electrons. The zero-order valence-corrected chi connectivity index (χ0v) is 14.5. The van der Waals surface area contributed by atoms with Gasteiger partial charge in [-0.25, -0.2) is 4.99 Å². The highest BCUT2D eigenvalue weighted by atomic mass is 127. The first-order valence-electron chi connectivity index (χ1n) is 6.45. The molecule has 0 aliphatic rings. The lowest BCUT2D eigenvalue weighted by molar-refractivity contribution is 0.417. The number of rotatable bonds is 4. The number of benzene rings is 2. The van der Waals surface area contributed by atoms with Crippen LogP contribution in [0.2, 0.25) is 0 Å². The summed E-state index contributed by atoms with van der Waals surface area (Å²) >= 11 is 0. The lowest BCUT2D eigenvalue weighted by Gasteiger charge is -2.10. The lowest BCUT2D eigenvalue weighted by Crippen LogP contribution is -2.23. The number of anilines is 1. The summed E-state index contributed by atoms with van der Waals surface area (Å²) in [7, 11) is 1.63. The van der Waals surface area contributed by atoms with Gasteiger partial charge in [0, 0.05) is 0 Å². The molecule has 3 N–H and O–H groups in total. The van der Waals surface area contributed by atoms with Crippen LogP contribution in [-0.2, 0) is 6.54 Å². The van der Waals surface area contributed by atoms with Crippen molar-refractivity contribution in [3.63, 3.8) is 0 Å². The summed E-state index contributed by atoms with van der Waals surface area (Å²) in [5.74, 6) is 1.11. The Bertz CT molecular complexity index is 614. The zero-order chi connectivity index (χ0) is 14.4. The van der Waals surface area contributed by atoms with E-state index in [1.54, 1.807) is 7.11 Å². The van der Waals surface area contributed by atoms with Crippen molar-refractivity contribution in [3.8, 4) is 5.75 Å². The number of methoxy groups -OCH3 is 1. The fourth-order valence-electron chi connectivity index (χ4n) is 1.88. The molecule has 0 heterocycles. The van der Waals surface area contributed by atoms with Crippen LogP contribution in [0.25, 0.3) is 0 Å². The molecule has 0 amide bonds. The minimum Gasteiger partial charge on any atom is -0.495 e. The fraction of sp³-hybridized carbons (Fsp3) is 0.188. The molecule has 0 bridgehead atoms. The van der Waals surface area contributed by atoms with Gasteiger partial charge in [-0.15, -0.1) is 24.0 Å². The van der Waals surface area contributed by atoms with Gasteiger partial charge >= 0.3 is 0 Å². The standard InChI is InChI=1S/C16H19N3O.HI/c1-12-7-3-4-8-13(12)11-18-16(17)19-14-9-5-6-10-15(14)20-2;/h3-10H,11H2,1-2H3,(H3,17,18,19);1H. The summed E-state index contributed by atoms with van der Waals surface area (Å²) in [6.07, 6.45) is 0. The van der Waals surface area contributed by atoms with Gasteiger partial charge in [0.05, 0.1) is 19.3 Å². The zero-order valence-electron chi connectivity index (χ0n) is 12.2. The van der Waals surface area contributed by atoms with Crippen LogP contribution in [0.1, 0.15) is 11.1 Å². The van der Waals surface area contributed by atoms with Crippen molar-refractivity contribution in [2.45, 2.75) is 13.5 Å². The molecule has 5 heteroatoms. The summed E-state index contributed by atoms with van der Waals surface area (Å²) in [6, 6.07) is 15.7. The molecule has 21 heavy (non-hydrogen) atoms. The monoisotopic (exact) mass is 397 g/mol. The van der Waals surface area contributed by atoms with Crippen molar-refractivity contribution in [2.24, 2.45) is 10.7 Å². The molecule has 0 fully saturated rings. The Balaban J connectivity index is 0.00000220. The first-order valence-corrected chi connectivity index (χ1v) is 6.45. The summed E-state index contributed by atoms with van der Waals surface area (Å²) in [5.41, 5.74) is 9.09.